The van der Waals surface area contributed by atoms with E-state index >= 15 is 0 Å². The molecule has 1 aliphatic carbocycles. The number of halogens is 1. The van der Waals surface area contributed by atoms with E-state index in [4.69, 9.17) is 14.7 Å². The smallest absolute Gasteiger partial charge is 0.162 e. The molecule has 6 nitrogen and oxygen atoms in total. The van der Waals surface area contributed by atoms with Gasteiger partial charge >= 0.3 is 0 Å². The molecule has 1 saturated carbocycles. The summed E-state index contributed by atoms with van der Waals surface area (Å²) < 4.78 is 7.61. The van der Waals surface area contributed by atoms with E-state index in [2.05, 4.69) is 51.8 Å². The molecule has 1 atom stereocenters. The highest BCUT2D eigenvalue weighted by atomic mass is 127. The second-order valence-electron chi connectivity index (χ2n) is 7.09. The molecule has 4 heterocycles. The zero-order valence-electron chi connectivity index (χ0n) is 14.6. The first-order chi connectivity index (χ1) is 12.7. The van der Waals surface area contributed by atoms with E-state index in [1.54, 1.807) is 0 Å². The Balaban J connectivity index is 1.66. The van der Waals surface area contributed by atoms with Gasteiger partial charge in [0.05, 0.1) is 42.1 Å². The number of ether oxygens (including phenoxy) is 1. The normalized spacial score (nSPS) is 20.7. The van der Waals surface area contributed by atoms with Crippen LogP contribution in [0.25, 0.3) is 22.4 Å². The molecule has 0 amide bonds. The van der Waals surface area contributed by atoms with Crippen LogP contribution in [0.4, 0.5) is 5.82 Å². The number of aromatic nitrogens is 4. The Labute approximate surface area is 166 Å². The van der Waals surface area contributed by atoms with Crippen molar-refractivity contribution in [1.82, 2.24) is 17.7 Å². The molecule has 2 aliphatic rings. The Morgan fingerprint density at radius 3 is 2.92 bits per heavy atom. The van der Waals surface area contributed by atoms with E-state index in [0.29, 0.717) is 12.0 Å². The predicted molar refractivity (Wildman–Crippen MR) is 110 cm³/mol. The summed E-state index contributed by atoms with van der Waals surface area (Å²) in [5, 5.41) is 1.09. The van der Waals surface area contributed by atoms with Crippen molar-refractivity contribution in [1.29, 1.82) is 0 Å². The van der Waals surface area contributed by atoms with Crippen molar-refractivity contribution < 1.29 is 4.74 Å². The molecular formula is C19H20IN5O. The summed E-state index contributed by atoms with van der Waals surface area (Å²) in [4.78, 5) is 16.7. The maximum atomic E-state index is 5.60. The van der Waals surface area contributed by atoms with Crippen LogP contribution in [-0.2, 0) is 4.74 Å². The number of anilines is 1. The van der Waals surface area contributed by atoms with Crippen LogP contribution in [0.2, 0.25) is 0 Å². The van der Waals surface area contributed by atoms with Crippen LogP contribution in [-0.4, -0.2) is 43.5 Å². The average Bonchev–Trinajstić information content (AvgIpc) is 3.45. The monoisotopic (exact) mass is 461 g/mol. The van der Waals surface area contributed by atoms with Crippen LogP contribution in [0, 0.1) is 0 Å². The third-order valence-corrected chi connectivity index (χ3v) is 5.95. The third kappa shape index (κ3) is 2.87. The van der Waals surface area contributed by atoms with Crippen molar-refractivity contribution in [2.24, 2.45) is 0 Å². The first kappa shape index (κ1) is 16.4. The van der Waals surface area contributed by atoms with Gasteiger partial charge < -0.3 is 9.64 Å². The molecule has 5 rings (SSSR count). The Kier molecular flexibility index (Phi) is 4.08. The van der Waals surface area contributed by atoms with Crippen LogP contribution in [0.3, 0.4) is 0 Å². The Bertz CT molecular complexity index is 968. The van der Waals surface area contributed by atoms with Gasteiger partial charge in [0.2, 0.25) is 0 Å². The summed E-state index contributed by atoms with van der Waals surface area (Å²) in [7, 11) is 0. The summed E-state index contributed by atoms with van der Waals surface area (Å²) in [6.07, 6.45) is 6.32. The van der Waals surface area contributed by atoms with Gasteiger partial charge in [0.15, 0.2) is 5.82 Å². The molecule has 3 aromatic rings. The van der Waals surface area contributed by atoms with E-state index < -0.39 is 0 Å². The predicted octanol–water partition coefficient (Wildman–Crippen LogP) is 3.79. The fourth-order valence-electron chi connectivity index (χ4n) is 3.58. The van der Waals surface area contributed by atoms with Gasteiger partial charge in [-0.1, -0.05) is 0 Å². The molecule has 7 heteroatoms. The van der Waals surface area contributed by atoms with Crippen LogP contribution < -0.4 is 4.90 Å². The molecule has 26 heavy (non-hydrogen) atoms. The quantitative estimate of drug-likeness (QED) is 0.556. The van der Waals surface area contributed by atoms with Gasteiger partial charge in [0, 0.05) is 47.6 Å². The lowest BCUT2D eigenvalue weighted by atomic mass is 10.1. The van der Waals surface area contributed by atoms with Crippen molar-refractivity contribution in [3.8, 4) is 11.4 Å². The number of morpholine rings is 1. The topological polar surface area (TPSA) is 56.1 Å². The van der Waals surface area contributed by atoms with Crippen LogP contribution >= 0.6 is 22.9 Å². The highest BCUT2D eigenvalue weighted by Gasteiger charge is 2.29. The first-order valence-electron chi connectivity index (χ1n) is 9.06. The average molecular weight is 461 g/mol. The molecule has 3 aromatic heterocycles. The van der Waals surface area contributed by atoms with Crippen molar-refractivity contribution in [3.05, 3.63) is 36.3 Å². The van der Waals surface area contributed by atoms with Gasteiger partial charge in [0.25, 0.3) is 0 Å². The van der Waals surface area contributed by atoms with E-state index in [1.165, 1.54) is 18.5 Å². The number of hydrogen-bond donors (Lipinski definition) is 0. The molecule has 0 bridgehead atoms. The Hall–Kier alpha value is -1.74. The largest absolute Gasteiger partial charge is 0.377 e. The molecule has 0 unspecified atom stereocenters. The zero-order chi connectivity index (χ0) is 17.7. The second kappa shape index (κ2) is 6.45. The lowest BCUT2D eigenvalue weighted by molar-refractivity contribution is 0.0985. The van der Waals surface area contributed by atoms with Crippen molar-refractivity contribution >= 4 is 39.7 Å². The SMILES string of the molecule is C[C@@H]1COCCN1c1cc(C2CC2)nc(-c2ccnc3c2ccn3I)n1. The van der Waals surface area contributed by atoms with Gasteiger partial charge in [-0.3, -0.25) is 2.78 Å². The highest BCUT2D eigenvalue weighted by molar-refractivity contribution is 14.1. The van der Waals surface area contributed by atoms with Crippen molar-refractivity contribution in [2.45, 2.75) is 31.7 Å². The summed E-state index contributed by atoms with van der Waals surface area (Å²) >= 11 is 2.25. The van der Waals surface area contributed by atoms with Gasteiger partial charge in [-0.2, -0.15) is 0 Å². The maximum Gasteiger partial charge on any atom is 0.162 e. The van der Waals surface area contributed by atoms with Gasteiger partial charge in [-0.05, 0) is 31.9 Å². The summed E-state index contributed by atoms with van der Waals surface area (Å²) in [5.41, 5.74) is 3.17. The summed E-state index contributed by atoms with van der Waals surface area (Å²) in [6, 6.07) is 6.63. The van der Waals surface area contributed by atoms with Crippen molar-refractivity contribution in [3.63, 3.8) is 0 Å². The number of hydrogen-bond acceptors (Lipinski definition) is 5. The van der Waals surface area contributed by atoms with Gasteiger partial charge in [-0.25, -0.2) is 15.0 Å². The number of rotatable bonds is 3. The van der Waals surface area contributed by atoms with Gasteiger partial charge in [-0.15, -0.1) is 0 Å². The molecule has 134 valence electrons. The fourth-order valence-corrected chi connectivity index (χ4v) is 4.12. The van der Waals surface area contributed by atoms with Crippen molar-refractivity contribution in [2.75, 3.05) is 24.7 Å². The van der Waals surface area contributed by atoms with E-state index in [0.717, 1.165) is 48.0 Å². The number of nitrogens with zero attached hydrogens (tertiary/aromatic N) is 5. The molecule has 0 aromatic carbocycles. The van der Waals surface area contributed by atoms with E-state index in [1.807, 2.05) is 21.2 Å². The molecule has 0 radical (unpaired) electrons. The molecule has 1 aliphatic heterocycles. The molecule has 1 saturated heterocycles. The standard InChI is InChI=1S/C19H20IN5O/c1-12-11-26-9-8-24(12)17-10-16(13-2-3-13)22-18(23-17)14-4-6-21-19-15(14)5-7-25(19)20/h4-7,10,12-13H,2-3,8-9,11H2,1H3/t12-/m1/s1. The minimum Gasteiger partial charge on any atom is -0.377 e. The molecular weight excluding hydrogens is 441 g/mol. The minimum absolute atomic E-state index is 0.325. The molecule has 2 fully saturated rings. The summed E-state index contributed by atoms with van der Waals surface area (Å²) in [6.45, 7) is 4.56. The lowest BCUT2D eigenvalue weighted by Crippen LogP contribution is -2.44. The minimum atomic E-state index is 0.325. The third-order valence-electron chi connectivity index (χ3n) is 5.17. The fraction of sp³-hybridized carbons (Fsp3) is 0.421. The van der Waals surface area contributed by atoms with E-state index in [9.17, 15) is 0 Å². The van der Waals surface area contributed by atoms with Crippen LogP contribution in [0.1, 0.15) is 31.4 Å². The zero-order valence-corrected chi connectivity index (χ0v) is 16.8. The molecule has 0 N–H and O–H groups in total. The Morgan fingerprint density at radius 1 is 1.23 bits per heavy atom. The maximum absolute atomic E-state index is 5.60. The summed E-state index contributed by atoms with van der Waals surface area (Å²) in [5.74, 6) is 2.41. The Morgan fingerprint density at radius 2 is 2.12 bits per heavy atom. The first-order valence-corrected chi connectivity index (χ1v) is 10.0. The number of pyridine rings is 1. The van der Waals surface area contributed by atoms with Crippen LogP contribution in [0.15, 0.2) is 30.6 Å². The van der Waals surface area contributed by atoms with Crippen LogP contribution in [0.5, 0.6) is 0 Å². The number of fused-ring (bicyclic) bond motifs is 1. The van der Waals surface area contributed by atoms with Gasteiger partial charge in [0.1, 0.15) is 11.5 Å². The highest BCUT2D eigenvalue weighted by Crippen LogP contribution is 2.41. The second-order valence-corrected chi connectivity index (χ2v) is 8.13. The van der Waals surface area contributed by atoms with E-state index in [-0.39, 0.29) is 0 Å². The molecule has 0 spiro atoms. The lowest BCUT2D eigenvalue weighted by Gasteiger charge is -2.34.